The van der Waals surface area contributed by atoms with Crippen LogP contribution in [0.2, 0.25) is 0 Å². The molecule has 2 aromatic rings. The molecule has 0 aliphatic rings. The van der Waals surface area contributed by atoms with Crippen molar-refractivity contribution in [2.24, 2.45) is 0 Å². The van der Waals surface area contributed by atoms with Crippen LogP contribution in [-0.4, -0.2) is 13.2 Å². The van der Waals surface area contributed by atoms with E-state index in [2.05, 4.69) is 10.1 Å². The van der Waals surface area contributed by atoms with Crippen LogP contribution in [0.5, 0.6) is 5.75 Å². The number of ether oxygens (including phenoxy) is 2. The van der Waals surface area contributed by atoms with E-state index in [9.17, 15) is 9.18 Å². The van der Waals surface area contributed by atoms with Crippen LogP contribution in [0.15, 0.2) is 36.4 Å². The Balaban J connectivity index is 2.24. The summed E-state index contributed by atoms with van der Waals surface area (Å²) in [5.41, 5.74) is 3.26. The molecule has 1 N–H and O–H groups in total. The van der Waals surface area contributed by atoms with E-state index in [1.165, 1.54) is 13.2 Å². The van der Waals surface area contributed by atoms with Crippen molar-refractivity contribution in [1.82, 2.24) is 0 Å². The predicted molar refractivity (Wildman–Crippen MR) is 87.3 cm³/mol. The van der Waals surface area contributed by atoms with E-state index in [0.717, 1.165) is 23.1 Å². The van der Waals surface area contributed by atoms with Gasteiger partial charge in [-0.15, -0.1) is 0 Å². The highest BCUT2D eigenvalue weighted by molar-refractivity contribution is 5.85. The second kappa shape index (κ2) is 7.63. The minimum Gasteiger partial charge on any atom is -0.486 e. The number of aryl methyl sites for hydroxylation is 2. The zero-order chi connectivity index (χ0) is 16.8. The molecule has 0 aliphatic heterocycles. The van der Waals surface area contributed by atoms with E-state index < -0.39 is 11.9 Å². The van der Waals surface area contributed by atoms with Gasteiger partial charge in [0.05, 0.1) is 12.8 Å². The van der Waals surface area contributed by atoms with Crippen molar-refractivity contribution in [3.8, 4) is 5.75 Å². The van der Waals surface area contributed by atoms with Gasteiger partial charge >= 0.3 is 6.09 Å². The maximum atomic E-state index is 13.9. The number of hydrogen-bond acceptors (Lipinski definition) is 3. The normalized spacial score (nSPS) is 10.3. The van der Waals surface area contributed by atoms with Gasteiger partial charge in [-0.3, -0.25) is 5.32 Å². The summed E-state index contributed by atoms with van der Waals surface area (Å²) in [5.74, 6) is -0.216. The lowest BCUT2D eigenvalue weighted by atomic mass is 10.0. The second-order valence-corrected chi connectivity index (χ2v) is 5.14. The van der Waals surface area contributed by atoms with Crippen molar-refractivity contribution >= 4 is 11.8 Å². The molecule has 0 heterocycles. The van der Waals surface area contributed by atoms with Crippen LogP contribution in [0.1, 0.15) is 23.6 Å². The van der Waals surface area contributed by atoms with Gasteiger partial charge in [-0.05, 0) is 42.7 Å². The highest BCUT2D eigenvalue weighted by Crippen LogP contribution is 2.25. The fraction of sp³-hybridized carbons (Fsp3) is 0.278. The average Bonchev–Trinajstić information content (AvgIpc) is 2.54. The molecule has 0 bridgehead atoms. The first-order valence-corrected chi connectivity index (χ1v) is 7.39. The van der Waals surface area contributed by atoms with Crippen molar-refractivity contribution in [2.45, 2.75) is 26.9 Å². The number of benzene rings is 2. The summed E-state index contributed by atoms with van der Waals surface area (Å²) in [6.45, 7) is 3.98. The molecule has 0 aliphatic carbocycles. The van der Waals surface area contributed by atoms with Gasteiger partial charge in [0.15, 0.2) is 11.6 Å². The van der Waals surface area contributed by atoms with Crippen LogP contribution in [0.4, 0.5) is 14.9 Å². The second-order valence-electron chi connectivity index (χ2n) is 5.14. The van der Waals surface area contributed by atoms with E-state index in [-0.39, 0.29) is 12.4 Å². The summed E-state index contributed by atoms with van der Waals surface area (Å²) >= 11 is 0. The molecule has 0 unspecified atom stereocenters. The third-order valence-corrected chi connectivity index (χ3v) is 3.54. The summed E-state index contributed by atoms with van der Waals surface area (Å²) in [4.78, 5) is 11.5. The highest BCUT2D eigenvalue weighted by Gasteiger charge is 2.12. The summed E-state index contributed by atoms with van der Waals surface area (Å²) in [5, 5.41) is 2.66. The van der Waals surface area contributed by atoms with Crippen LogP contribution in [0.25, 0.3) is 0 Å². The Morgan fingerprint density at radius 3 is 2.70 bits per heavy atom. The maximum absolute atomic E-state index is 13.9. The van der Waals surface area contributed by atoms with Crippen molar-refractivity contribution in [3.05, 3.63) is 58.9 Å². The van der Waals surface area contributed by atoms with Crippen LogP contribution in [-0.2, 0) is 17.8 Å². The lowest BCUT2D eigenvalue weighted by Crippen LogP contribution is -2.14. The lowest BCUT2D eigenvalue weighted by Gasteiger charge is -2.15. The van der Waals surface area contributed by atoms with Gasteiger partial charge in [0.2, 0.25) is 0 Å². The fourth-order valence-corrected chi connectivity index (χ4v) is 2.29. The molecule has 0 radical (unpaired) electrons. The highest BCUT2D eigenvalue weighted by atomic mass is 19.1. The number of carbonyl (C=O) groups excluding carboxylic acids is 1. The molecule has 5 heteroatoms. The maximum Gasteiger partial charge on any atom is 0.411 e. The number of methoxy groups -OCH3 is 1. The fourth-order valence-electron chi connectivity index (χ4n) is 2.29. The summed E-state index contributed by atoms with van der Waals surface area (Å²) in [6, 6.07) is 10.4. The Hall–Kier alpha value is -2.56. The van der Waals surface area contributed by atoms with Gasteiger partial charge in [0, 0.05) is 5.56 Å². The standard InChI is InChI=1S/C18H20FNO3/c1-4-13-6-5-7-16(20-18(21)22-3)14(13)11-23-17-9-8-12(2)10-15(17)19/h5-10H,4,11H2,1-3H3,(H,20,21). The Morgan fingerprint density at radius 1 is 1.26 bits per heavy atom. The third kappa shape index (κ3) is 4.22. The zero-order valence-corrected chi connectivity index (χ0v) is 13.5. The molecule has 0 aromatic heterocycles. The molecular weight excluding hydrogens is 297 g/mol. The molecule has 1 amide bonds. The van der Waals surface area contributed by atoms with E-state index >= 15 is 0 Å². The monoisotopic (exact) mass is 317 g/mol. The zero-order valence-electron chi connectivity index (χ0n) is 13.5. The van der Waals surface area contributed by atoms with Crippen molar-refractivity contribution < 1.29 is 18.7 Å². The van der Waals surface area contributed by atoms with E-state index in [1.54, 1.807) is 18.2 Å². The SMILES string of the molecule is CCc1cccc(NC(=O)OC)c1COc1ccc(C)cc1F. The van der Waals surface area contributed by atoms with Crippen LogP contribution >= 0.6 is 0 Å². The molecular formula is C18H20FNO3. The predicted octanol–water partition coefficient (Wildman–Crippen LogP) is 4.45. The third-order valence-electron chi connectivity index (χ3n) is 3.54. The number of carbonyl (C=O) groups is 1. The number of nitrogens with one attached hydrogen (secondary N) is 1. The summed E-state index contributed by atoms with van der Waals surface area (Å²) < 4.78 is 24.1. The van der Waals surface area contributed by atoms with E-state index in [0.29, 0.717) is 5.69 Å². The molecule has 0 saturated carbocycles. The van der Waals surface area contributed by atoms with Crippen molar-refractivity contribution in [1.29, 1.82) is 0 Å². The molecule has 4 nitrogen and oxygen atoms in total. The smallest absolute Gasteiger partial charge is 0.411 e. The number of halogens is 1. The first-order chi connectivity index (χ1) is 11.0. The molecule has 23 heavy (non-hydrogen) atoms. The number of amides is 1. The summed E-state index contributed by atoms with van der Waals surface area (Å²) in [6.07, 6.45) is 0.215. The van der Waals surface area contributed by atoms with Crippen LogP contribution in [0.3, 0.4) is 0 Å². The number of rotatable bonds is 5. The molecule has 0 atom stereocenters. The number of hydrogen-bond donors (Lipinski definition) is 1. The Bertz CT molecular complexity index is 701. The molecule has 0 saturated heterocycles. The minimum absolute atomic E-state index is 0.156. The van der Waals surface area contributed by atoms with Gasteiger partial charge in [-0.2, -0.15) is 0 Å². The van der Waals surface area contributed by atoms with E-state index in [4.69, 9.17) is 4.74 Å². The van der Waals surface area contributed by atoms with Gasteiger partial charge in [0.25, 0.3) is 0 Å². The van der Waals surface area contributed by atoms with Gasteiger partial charge < -0.3 is 9.47 Å². The molecule has 122 valence electrons. The van der Waals surface area contributed by atoms with Gasteiger partial charge in [-0.25, -0.2) is 9.18 Å². The topological polar surface area (TPSA) is 47.6 Å². The molecule has 2 rings (SSSR count). The van der Waals surface area contributed by atoms with Crippen LogP contribution < -0.4 is 10.1 Å². The van der Waals surface area contributed by atoms with Crippen molar-refractivity contribution in [2.75, 3.05) is 12.4 Å². The van der Waals surface area contributed by atoms with Gasteiger partial charge in [-0.1, -0.05) is 25.1 Å². The average molecular weight is 317 g/mol. The number of anilines is 1. The molecule has 2 aromatic carbocycles. The van der Waals surface area contributed by atoms with Crippen LogP contribution in [0, 0.1) is 12.7 Å². The van der Waals surface area contributed by atoms with E-state index in [1.807, 2.05) is 26.0 Å². The Kier molecular flexibility index (Phi) is 5.57. The molecule has 0 spiro atoms. The van der Waals surface area contributed by atoms with Gasteiger partial charge in [0.1, 0.15) is 6.61 Å². The minimum atomic E-state index is -0.555. The summed E-state index contributed by atoms with van der Waals surface area (Å²) in [7, 11) is 1.30. The quantitative estimate of drug-likeness (QED) is 0.886. The molecule has 0 fully saturated rings. The first-order valence-electron chi connectivity index (χ1n) is 7.39. The van der Waals surface area contributed by atoms with Crippen molar-refractivity contribution in [3.63, 3.8) is 0 Å². The lowest BCUT2D eigenvalue weighted by molar-refractivity contribution is 0.187. The largest absolute Gasteiger partial charge is 0.486 e. The first kappa shape index (κ1) is 16.8. The Morgan fingerprint density at radius 2 is 2.04 bits per heavy atom. The Labute approximate surface area is 135 Å².